The molecule has 1 aliphatic heterocycles. The highest BCUT2D eigenvalue weighted by molar-refractivity contribution is 5.57. The van der Waals surface area contributed by atoms with Gasteiger partial charge in [0.15, 0.2) is 0 Å². The van der Waals surface area contributed by atoms with E-state index in [-0.39, 0.29) is 0 Å². The molecule has 1 heterocycles. The van der Waals surface area contributed by atoms with Crippen LogP contribution in [0.3, 0.4) is 0 Å². The van der Waals surface area contributed by atoms with Gasteiger partial charge in [0.1, 0.15) is 0 Å². The first-order chi connectivity index (χ1) is 12.8. The number of rotatable bonds is 17. The van der Waals surface area contributed by atoms with Gasteiger partial charge in [-0.25, -0.2) is 0 Å². The van der Waals surface area contributed by atoms with E-state index in [2.05, 4.69) is 49.2 Å². The van der Waals surface area contributed by atoms with E-state index in [4.69, 9.17) is 0 Å². The minimum absolute atomic E-state index is 0.700. The zero-order valence-corrected chi connectivity index (χ0v) is 18.1. The van der Waals surface area contributed by atoms with Crippen molar-refractivity contribution in [3.05, 3.63) is 12.2 Å². The van der Waals surface area contributed by atoms with Gasteiger partial charge >= 0.3 is 0 Å². The molecule has 2 nitrogen and oxygen atoms in total. The highest BCUT2D eigenvalue weighted by atomic mass is 15.2. The second-order valence-corrected chi connectivity index (χ2v) is 8.23. The van der Waals surface area contributed by atoms with Crippen molar-refractivity contribution in [3.8, 4) is 0 Å². The van der Waals surface area contributed by atoms with Crippen molar-refractivity contribution >= 4 is 6.34 Å². The van der Waals surface area contributed by atoms with Crippen LogP contribution in [0.5, 0.6) is 0 Å². The predicted octanol–water partition coefficient (Wildman–Crippen LogP) is 7.39. The fraction of sp³-hybridized carbons (Fsp3) is 0.875. The molecule has 152 valence electrons. The average molecular weight is 363 g/mol. The van der Waals surface area contributed by atoms with Crippen molar-refractivity contribution in [1.82, 2.24) is 4.90 Å². The number of nitrogens with zero attached hydrogens (tertiary/aromatic N) is 2. The Morgan fingerprint density at radius 3 is 2.08 bits per heavy atom. The highest BCUT2D eigenvalue weighted by Crippen LogP contribution is 2.21. The maximum absolute atomic E-state index is 4.38. The van der Waals surface area contributed by atoms with Crippen LogP contribution >= 0.6 is 0 Å². The zero-order valence-electron chi connectivity index (χ0n) is 18.1. The summed E-state index contributed by atoms with van der Waals surface area (Å²) in [5, 5.41) is 0. The summed E-state index contributed by atoms with van der Waals surface area (Å²) in [6.45, 7) is 9.18. The monoisotopic (exact) mass is 362 g/mol. The Balaban J connectivity index is 1.90. The molecule has 0 aromatic heterocycles. The number of allylic oxidation sites excluding steroid dienone is 2. The molecule has 0 bridgehead atoms. The third-order valence-electron chi connectivity index (χ3n) is 5.89. The lowest BCUT2D eigenvalue weighted by atomic mass is 9.92. The van der Waals surface area contributed by atoms with Crippen molar-refractivity contribution in [2.75, 3.05) is 13.1 Å². The molecular formula is C24H46N2. The van der Waals surface area contributed by atoms with Crippen molar-refractivity contribution in [2.24, 2.45) is 10.9 Å². The molecular weight excluding hydrogens is 316 g/mol. The lowest BCUT2D eigenvalue weighted by molar-refractivity contribution is 0.236. The molecule has 0 aliphatic carbocycles. The molecule has 0 spiro atoms. The quantitative estimate of drug-likeness (QED) is 0.194. The van der Waals surface area contributed by atoms with Gasteiger partial charge in [-0.1, -0.05) is 84.3 Å². The van der Waals surface area contributed by atoms with Gasteiger partial charge < -0.3 is 4.90 Å². The van der Waals surface area contributed by atoms with E-state index in [1.807, 2.05) is 0 Å². The standard InChI is InChI=1S/C24H46N2/c1-4-6-7-8-9-10-11-12-13-14-15-16-17-18-19-23(3)24(5-2)26-21-20-25-22-26/h12-13,22-24H,4-11,14-21H2,1-3H3/b13-12-. The molecule has 0 amide bonds. The number of hydrogen-bond donors (Lipinski definition) is 0. The molecule has 0 fully saturated rings. The molecule has 26 heavy (non-hydrogen) atoms. The molecule has 1 aliphatic rings. The van der Waals surface area contributed by atoms with E-state index in [1.54, 1.807) is 0 Å². The molecule has 2 atom stereocenters. The first-order valence-electron chi connectivity index (χ1n) is 11.7. The fourth-order valence-corrected chi connectivity index (χ4v) is 4.16. The SMILES string of the molecule is CCCCCCCC/C=C\CCCCCCC(C)C(CC)N1C=NCC1. The highest BCUT2D eigenvalue weighted by Gasteiger charge is 2.22. The van der Waals surface area contributed by atoms with Gasteiger partial charge in [-0.15, -0.1) is 0 Å². The summed E-state index contributed by atoms with van der Waals surface area (Å²) in [5.41, 5.74) is 0. The molecule has 0 aromatic rings. The summed E-state index contributed by atoms with van der Waals surface area (Å²) < 4.78 is 0. The summed E-state index contributed by atoms with van der Waals surface area (Å²) >= 11 is 0. The third kappa shape index (κ3) is 11.0. The van der Waals surface area contributed by atoms with Crippen LogP contribution in [0.25, 0.3) is 0 Å². The normalized spacial score (nSPS) is 16.7. The topological polar surface area (TPSA) is 15.6 Å². The van der Waals surface area contributed by atoms with Crippen molar-refractivity contribution in [1.29, 1.82) is 0 Å². The number of aliphatic imine (C=N–C) groups is 1. The number of hydrogen-bond acceptors (Lipinski definition) is 2. The van der Waals surface area contributed by atoms with Crippen LogP contribution < -0.4 is 0 Å². The summed E-state index contributed by atoms with van der Waals surface area (Å²) in [6.07, 6.45) is 26.1. The van der Waals surface area contributed by atoms with E-state index in [0.717, 1.165) is 19.0 Å². The molecule has 0 radical (unpaired) electrons. The van der Waals surface area contributed by atoms with Gasteiger partial charge in [-0.3, -0.25) is 4.99 Å². The second kappa shape index (κ2) is 16.4. The van der Waals surface area contributed by atoms with E-state index in [1.165, 1.54) is 89.9 Å². The van der Waals surface area contributed by atoms with Crippen LogP contribution in [0.1, 0.15) is 111 Å². The van der Waals surface area contributed by atoms with Gasteiger partial charge in [-0.2, -0.15) is 0 Å². The fourth-order valence-electron chi connectivity index (χ4n) is 4.16. The molecule has 2 unspecified atom stereocenters. The van der Waals surface area contributed by atoms with E-state index < -0.39 is 0 Å². The smallest absolute Gasteiger partial charge is 0.0853 e. The second-order valence-electron chi connectivity index (χ2n) is 8.23. The van der Waals surface area contributed by atoms with E-state index >= 15 is 0 Å². The van der Waals surface area contributed by atoms with Gasteiger partial charge in [0.2, 0.25) is 0 Å². The molecule has 0 N–H and O–H groups in total. The van der Waals surface area contributed by atoms with Gasteiger partial charge in [0.05, 0.1) is 12.9 Å². The minimum Gasteiger partial charge on any atom is -0.358 e. The largest absolute Gasteiger partial charge is 0.358 e. The van der Waals surface area contributed by atoms with Gasteiger partial charge in [-0.05, 0) is 44.4 Å². The third-order valence-corrected chi connectivity index (χ3v) is 5.89. The first kappa shape index (κ1) is 23.2. The maximum Gasteiger partial charge on any atom is 0.0853 e. The number of unbranched alkanes of at least 4 members (excludes halogenated alkanes) is 10. The van der Waals surface area contributed by atoms with Crippen LogP contribution in [-0.4, -0.2) is 30.4 Å². The van der Waals surface area contributed by atoms with Crippen LogP contribution in [0.2, 0.25) is 0 Å². The summed E-state index contributed by atoms with van der Waals surface area (Å²) in [7, 11) is 0. The lowest BCUT2D eigenvalue weighted by Gasteiger charge is -2.31. The van der Waals surface area contributed by atoms with Crippen LogP contribution in [-0.2, 0) is 0 Å². The van der Waals surface area contributed by atoms with Crippen LogP contribution in [0, 0.1) is 5.92 Å². The summed E-state index contributed by atoms with van der Waals surface area (Å²) in [5.74, 6) is 0.793. The van der Waals surface area contributed by atoms with Crippen LogP contribution in [0.4, 0.5) is 0 Å². The molecule has 0 saturated heterocycles. The zero-order chi connectivity index (χ0) is 18.9. The summed E-state index contributed by atoms with van der Waals surface area (Å²) in [4.78, 5) is 6.86. The first-order valence-corrected chi connectivity index (χ1v) is 11.7. The molecule has 1 rings (SSSR count). The Kier molecular flexibility index (Phi) is 14.7. The molecule has 0 aromatic carbocycles. The Morgan fingerprint density at radius 2 is 1.50 bits per heavy atom. The van der Waals surface area contributed by atoms with Gasteiger partial charge in [0.25, 0.3) is 0 Å². The predicted molar refractivity (Wildman–Crippen MR) is 118 cm³/mol. The molecule has 2 heteroatoms. The molecule has 0 saturated carbocycles. The Hall–Kier alpha value is -0.790. The Bertz CT molecular complexity index is 361. The van der Waals surface area contributed by atoms with Crippen molar-refractivity contribution in [2.45, 2.75) is 117 Å². The average Bonchev–Trinajstić information content (AvgIpc) is 3.17. The minimum atomic E-state index is 0.700. The van der Waals surface area contributed by atoms with Gasteiger partial charge in [0, 0.05) is 12.6 Å². The van der Waals surface area contributed by atoms with Crippen molar-refractivity contribution < 1.29 is 0 Å². The maximum atomic E-state index is 4.38. The van der Waals surface area contributed by atoms with E-state index in [9.17, 15) is 0 Å². The Morgan fingerprint density at radius 1 is 0.885 bits per heavy atom. The van der Waals surface area contributed by atoms with Crippen LogP contribution in [0.15, 0.2) is 17.1 Å². The van der Waals surface area contributed by atoms with E-state index in [0.29, 0.717) is 6.04 Å². The summed E-state index contributed by atoms with van der Waals surface area (Å²) in [6, 6.07) is 0.700. The Labute approximate surface area is 164 Å². The van der Waals surface area contributed by atoms with Crippen molar-refractivity contribution in [3.63, 3.8) is 0 Å². The lowest BCUT2D eigenvalue weighted by Crippen LogP contribution is -2.37.